The summed E-state index contributed by atoms with van der Waals surface area (Å²) in [4.78, 5) is 0. The highest BCUT2D eigenvalue weighted by atomic mass is 27.0. The first kappa shape index (κ1) is 26.1. The van der Waals surface area contributed by atoms with Crippen LogP contribution < -0.4 is 0 Å². The molecule has 0 spiro atoms. The minimum atomic E-state index is 0. The van der Waals surface area contributed by atoms with Crippen molar-refractivity contribution in [3.63, 3.8) is 0 Å². The van der Waals surface area contributed by atoms with Gasteiger partial charge in [0.2, 0.25) is 0 Å². The Morgan fingerprint density at radius 2 is 1.00 bits per heavy atom. The van der Waals surface area contributed by atoms with E-state index < -0.39 is 0 Å². The molecule has 0 aliphatic rings. The van der Waals surface area contributed by atoms with Gasteiger partial charge < -0.3 is 0 Å². The molecule has 0 heterocycles. The molecule has 0 N–H and O–H groups in total. The zero-order chi connectivity index (χ0) is 2.00. The molecule has 0 aromatic heterocycles. The summed E-state index contributed by atoms with van der Waals surface area (Å²) in [5.74, 6) is 1.92. The Morgan fingerprint density at radius 3 is 1.00 bits per heavy atom. The molecule has 2 radical (unpaired) electrons. The predicted molar refractivity (Wildman–Crippen MR) is 16.6 cm³/mol. The van der Waals surface area contributed by atoms with Crippen LogP contribution in [0.15, 0.2) is 0 Å². The van der Waals surface area contributed by atoms with Crippen LogP contribution in [0.4, 0.5) is 9.41 Å². The van der Waals surface area contributed by atoms with Crippen LogP contribution in [0.25, 0.3) is 0 Å². The quantitative estimate of drug-likeness (QED) is 0.373. The van der Waals surface area contributed by atoms with Crippen molar-refractivity contribution in [1.82, 2.24) is 0 Å². The van der Waals surface area contributed by atoms with Crippen molar-refractivity contribution in [2.75, 3.05) is 0 Å². The molecule has 0 amide bonds. The number of rotatable bonds is 0. The van der Waals surface area contributed by atoms with Gasteiger partial charge in [-0.1, -0.05) is 0 Å². The topological polar surface area (TPSA) is 0 Å². The second-order valence-corrected chi connectivity index (χ2v) is 0. The molecule has 3 heteroatoms. The van der Waals surface area contributed by atoms with E-state index >= 15 is 0 Å². The summed E-state index contributed by atoms with van der Waals surface area (Å²) in [6.45, 7) is 0. The summed E-state index contributed by atoms with van der Waals surface area (Å²) in [7, 11) is 0. The molecule has 0 nitrogen and oxygen atoms in total. The Morgan fingerprint density at radius 1 is 1.00 bits per heavy atom. The Labute approximate surface area is 32.4 Å². The molecule has 0 aliphatic heterocycles. The van der Waals surface area contributed by atoms with Gasteiger partial charge in [0, 0.05) is 0 Å². The standard InChI is InChI=1S/CH3.Al.2FH/h1H3;;2*1H. The second kappa shape index (κ2) is 126. The lowest BCUT2D eigenvalue weighted by atomic mass is 11.9. The molecule has 0 aromatic rings. The van der Waals surface area contributed by atoms with Crippen molar-refractivity contribution in [1.29, 1.82) is 0 Å². The van der Waals surface area contributed by atoms with Crippen LogP contribution in [0.3, 0.4) is 0 Å². The first-order chi connectivity index (χ1) is 1.00. The molecular weight excluding hydrogens is 77.0 g/mol. The molecule has 4 heavy (non-hydrogen) atoms. The minimum Gasteiger partial charge on any atom is -0.269 e. The average molecular weight is 82.0 g/mol. The van der Waals surface area contributed by atoms with Gasteiger partial charge in [0.1, 0.15) is 16.3 Å². The van der Waals surface area contributed by atoms with Crippen molar-refractivity contribution in [3.8, 4) is 0 Å². The molecule has 0 bridgehead atoms. The maximum Gasteiger partial charge on any atom is 0.112 e. The largest absolute Gasteiger partial charge is 0.269 e. The predicted octanol–water partition coefficient (Wildman–Crippen LogP) is 0.508. The molecule has 0 aromatic carbocycles. The highest BCUT2D eigenvalue weighted by Crippen LogP contribution is 0.960. The molecule has 0 atom stereocenters. The normalized spacial score (nSPS) is 1.25. The summed E-state index contributed by atoms with van der Waals surface area (Å²) in [5, 5.41) is 0. The van der Waals surface area contributed by atoms with E-state index in [-0.39, 0.29) is 9.41 Å². The summed E-state index contributed by atoms with van der Waals surface area (Å²) in [5.41, 5.74) is 0. The molecule has 0 aliphatic carbocycles. The van der Waals surface area contributed by atoms with Crippen LogP contribution in [0.1, 0.15) is 0 Å². The number of halogens is 2. The van der Waals surface area contributed by atoms with E-state index in [0.717, 1.165) is 0 Å². The maximum absolute atomic E-state index is 2.42. The van der Waals surface area contributed by atoms with Gasteiger partial charge in [0.25, 0.3) is 0 Å². The van der Waals surface area contributed by atoms with E-state index in [4.69, 9.17) is 0 Å². The van der Waals surface area contributed by atoms with Crippen LogP contribution in [0, 0.1) is 0 Å². The van der Waals surface area contributed by atoms with Gasteiger partial charge in [-0.2, -0.15) is 0 Å². The molecule has 0 rings (SSSR count). The zero-order valence-electron chi connectivity index (χ0n) is 2.39. The molecule has 0 unspecified atom stereocenters. The lowest BCUT2D eigenvalue weighted by Crippen LogP contribution is -1.13. The van der Waals surface area contributed by atoms with Crippen LogP contribution >= 0.6 is 0 Å². The fraction of sp³-hybridized carbons (Fsp3) is 1.00. The Bertz CT molecular complexity index is 6.00. The smallest absolute Gasteiger partial charge is 0.112 e. The minimum absolute atomic E-state index is 0. The van der Waals surface area contributed by atoms with E-state index in [0.29, 0.717) is 0 Å². The van der Waals surface area contributed by atoms with Crippen molar-refractivity contribution < 1.29 is 9.41 Å². The third-order valence-electron chi connectivity index (χ3n) is 0. The van der Waals surface area contributed by atoms with Gasteiger partial charge in [-0.05, 0) is 0 Å². The molecule has 26 valence electrons. The lowest BCUT2D eigenvalue weighted by molar-refractivity contribution is 1.11. The highest BCUT2D eigenvalue weighted by Gasteiger charge is 0.999. The summed E-state index contributed by atoms with van der Waals surface area (Å²) in [6.07, 6.45) is 0. The molecular formula is CH5AlF2. The number of hydrogen-bond donors (Lipinski definition) is 0. The van der Waals surface area contributed by atoms with Crippen LogP contribution in [-0.2, 0) is 0 Å². The fourth-order valence-electron chi connectivity index (χ4n) is 0. The van der Waals surface area contributed by atoms with Gasteiger partial charge in [0.05, 0.1) is 0 Å². The van der Waals surface area contributed by atoms with E-state index in [1.54, 1.807) is 0 Å². The van der Waals surface area contributed by atoms with Gasteiger partial charge in [0.15, 0.2) is 0 Å². The third-order valence-corrected chi connectivity index (χ3v) is 0. The van der Waals surface area contributed by atoms with Crippen LogP contribution in [-0.4, -0.2) is 16.3 Å². The number of hydrogen-bond acceptors (Lipinski definition) is 0. The van der Waals surface area contributed by atoms with Gasteiger partial charge >= 0.3 is 0 Å². The van der Waals surface area contributed by atoms with E-state index in [9.17, 15) is 0 Å². The Balaban J connectivity index is -0.00000000500. The maximum atomic E-state index is 2.42. The van der Waals surface area contributed by atoms with Crippen molar-refractivity contribution in [3.05, 3.63) is 0 Å². The van der Waals surface area contributed by atoms with Crippen molar-refractivity contribution in [2.24, 2.45) is 0 Å². The highest BCUT2D eigenvalue weighted by molar-refractivity contribution is 6.05. The van der Waals surface area contributed by atoms with Crippen LogP contribution in [0.5, 0.6) is 0 Å². The SMILES string of the molecule is F.F.[CH3][Al]. The van der Waals surface area contributed by atoms with E-state index in [1.165, 1.54) is 0 Å². The zero-order valence-corrected chi connectivity index (χ0v) is 3.55. The fourth-order valence-corrected chi connectivity index (χ4v) is 0. The third kappa shape index (κ3) is 30.1. The van der Waals surface area contributed by atoms with Crippen molar-refractivity contribution >= 4 is 16.3 Å². The van der Waals surface area contributed by atoms with Gasteiger partial charge in [-0.25, -0.2) is 0 Å². The molecule has 0 saturated carbocycles. The van der Waals surface area contributed by atoms with E-state index in [2.05, 4.69) is 16.3 Å². The Hall–Kier alpha value is 0.392. The summed E-state index contributed by atoms with van der Waals surface area (Å²) < 4.78 is 0. The van der Waals surface area contributed by atoms with Crippen molar-refractivity contribution in [2.45, 2.75) is 5.79 Å². The average Bonchev–Trinajstić information content (AvgIpc) is 1.00. The van der Waals surface area contributed by atoms with Gasteiger partial charge in [-0.3, -0.25) is 9.41 Å². The second-order valence-electron chi connectivity index (χ2n) is 0. The first-order valence-corrected chi connectivity index (χ1v) is 1.73. The lowest BCUT2D eigenvalue weighted by Gasteiger charge is -1.02. The first-order valence-electron chi connectivity index (χ1n) is 0.577. The summed E-state index contributed by atoms with van der Waals surface area (Å²) in [6, 6.07) is 0. The Kier molecular flexibility index (Phi) is 822. The monoisotopic (exact) mass is 82.0 g/mol. The van der Waals surface area contributed by atoms with Crippen LogP contribution in [0.2, 0.25) is 5.79 Å². The van der Waals surface area contributed by atoms with Gasteiger partial charge in [-0.15, -0.1) is 5.79 Å². The molecule has 0 fully saturated rings. The molecule has 0 saturated heterocycles. The summed E-state index contributed by atoms with van der Waals surface area (Å²) >= 11 is 2.42. The van der Waals surface area contributed by atoms with E-state index in [1.807, 2.05) is 5.79 Å².